The second-order valence-electron chi connectivity index (χ2n) is 3.78. The van der Waals surface area contributed by atoms with Crippen LogP contribution in [0, 0.1) is 4.77 Å². The summed E-state index contributed by atoms with van der Waals surface area (Å²) in [7, 11) is 1.61. The Balaban J connectivity index is 2.14. The maximum atomic E-state index is 5.71. The third-order valence-electron chi connectivity index (χ3n) is 2.57. The average molecular weight is 277 g/mol. The molecule has 0 radical (unpaired) electrons. The molecule has 2 aromatic rings. The molecule has 0 saturated carbocycles. The van der Waals surface area contributed by atoms with Crippen molar-refractivity contribution in [2.45, 2.75) is 13.2 Å². The number of methoxy groups -OCH3 is 1. The number of hydrogen-bond donors (Lipinski definition) is 1. The van der Waals surface area contributed by atoms with Crippen molar-refractivity contribution >= 4 is 12.2 Å². The van der Waals surface area contributed by atoms with Gasteiger partial charge in [0.2, 0.25) is 0 Å². The van der Waals surface area contributed by atoms with E-state index in [1.54, 1.807) is 13.2 Å². The molecule has 100 valence electrons. The first-order valence-corrected chi connectivity index (χ1v) is 6.18. The lowest BCUT2D eigenvalue weighted by Gasteiger charge is -2.10. The highest BCUT2D eigenvalue weighted by atomic mass is 32.1. The molecule has 1 aromatic heterocycles. The van der Waals surface area contributed by atoms with Crippen LogP contribution in [-0.2, 0) is 13.2 Å². The summed E-state index contributed by atoms with van der Waals surface area (Å²) in [6.07, 6.45) is 1.76. The van der Waals surface area contributed by atoms with Crippen LogP contribution in [0.4, 0.5) is 0 Å². The second kappa shape index (κ2) is 6.19. The first-order valence-electron chi connectivity index (χ1n) is 5.77. The van der Waals surface area contributed by atoms with Gasteiger partial charge in [-0.05, 0) is 24.4 Å². The number of nitrogens with one attached hydrogen (secondary N) is 1. The third-order valence-corrected chi connectivity index (χ3v) is 2.89. The third kappa shape index (κ3) is 3.03. The Labute approximate surface area is 116 Å². The Morgan fingerprint density at radius 2 is 2.16 bits per heavy atom. The topological polar surface area (TPSA) is 52.1 Å². The van der Waals surface area contributed by atoms with E-state index in [1.807, 2.05) is 28.8 Å². The second-order valence-corrected chi connectivity index (χ2v) is 4.17. The van der Waals surface area contributed by atoms with Crippen molar-refractivity contribution in [1.82, 2.24) is 14.8 Å². The Kier molecular flexibility index (Phi) is 4.35. The van der Waals surface area contributed by atoms with Crippen LogP contribution in [0.1, 0.15) is 5.82 Å². The van der Waals surface area contributed by atoms with Gasteiger partial charge in [0.25, 0.3) is 0 Å². The molecule has 1 N–H and O–H groups in total. The quantitative estimate of drug-likeness (QED) is 0.651. The number of aromatic amines is 1. The van der Waals surface area contributed by atoms with Gasteiger partial charge < -0.3 is 9.47 Å². The molecule has 0 atom stereocenters. The molecule has 6 heteroatoms. The Hall–Kier alpha value is -2.08. The zero-order valence-corrected chi connectivity index (χ0v) is 11.4. The number of H-pyrrole nitrogens is 1. The number of rotatable bonds is 6. The molecule has 0 aliphatic rings. The SMILES string of the molecule is C=CCn1c(COc2ccccc2OC)n[nH]c1=S. The Bertz CT molecular complexity index is 618. The molecule has 0 amide bonds. The van der Waals surface area contributed by atoms with Crippen molar-refractivity contribution in [3.8, 4) is 11.5 Å². The molecule has 0 unspecified atom stereocenters. The summed E-state index contributed by atoms with van der Waals surface area (Å²) in [4.78, 5) is 0. The number of benzene rings is 1. The predicted molar refractivity (Wildman–Crippen MR) is 74.9 cm³/mol. The molecule has 0 aliphatic heterocycles. The normalized spacial score (nSPS) is 10.2. The van der Waals surface area contributed by atoms with Crippen LogP contribution >= 0.6 is 12.2 Å². The molecule has 2 rings (SSSR count). The molecule has 0 fully saturated rings. The smallest absolute Gasteiger partial charge is 0.195 e. The fourth-order valence-electron chi connectivity index (χ4n) is 1.66. The number of ether oxygens (including phenoxy) is 2. The summed E-state index contributed by atoms with van der Waals surface area (Å²) < 4.78 is 13.3. The lowest BCUT2D eigenvalue weighted by molar-refractivity contribution is 0.272. The number of hydrogen-bond acceptors (Lipinski definition) is 4. The van der Waals surface area contributed by atoms with Crippen LogP contribution in [-0.4, -0.2) is 21.9 Å². The molecule has 5 nitrogen and oxygen atoms in total. The fraction of sp³-hybridized carbons (Fsp3) is 0.231. The number of nitrogens with zero attached hydrogens (tertiary/aromatic N) is 2. The molecule has 1 aromatic carbocycles. The Morgan fingerprint density at radius 3 is 2.84 bits per heavy atom. The number of allylic oxidation sites excluding steroid dienone is 1. The molecule has 0 bridgehead atoms. The highest BCUT2D eigenvalue weighted by molar-refractivity contribution is 7.71. The van der Waals surface area contributed by atoms with Gasteiger partial charge in [-0.15, -0.1) is 6.58 Å². The van der Waals surface area contributed by atoms with Crippen molar-refractivity contribution in [2.24, 2.45) is 0 Å². The van der Waals surface area contributed by atoms with Gasteiger partial charge in [-0.25, -0.2) is 0 Å². The van der Waals surface area contributed by atoms with E-state index in [9.17, 15) is 0 Å². The standard InChI is InChI=1S/C13H15N3O2S/c1-3-8-16-12(14-15-13(16)19)9-18-11-7-5-4-6-10(11)17-2/h3-7H,1,8-9H2,2H3,(H,15,19). The monoisotopic (exact) mass is 277 g/mol. The van der Waals surface area contributed by atoms with E-state index in [0.717, 1.165) is 5.82 Å². The number of aromatic nitrogens is 3. The average Bonchev–Trinajstić information content (AvgIpc) is 2.78. The molecule has 0 spiro atoms. The van der Waals surface area contributed by atoms with Crippen molar-refractivity contribution < 1.29 is 9.47 Å². The van der Waals surface area contributed by atoms with Crippen LogP contribution < -0.4 is 9.47 Å². The summed E-state index contributed by atoms with van der Waals surface area (Å²) in [6, 6.07) is 7.46. The van der Waals surface area contributed by atoms with E-state index < -0.39 is 0 Å². The van der Waals surface area contributed by atoms with Crippen LogP contribution in [0.15, 0.2) is 36.9 Å². The molecular formula is C13H15N3O2S. The summed E-state index contributed by atoms with van der Waals surface area (Å²) in [5.41, 5.74) is 0. The maximum absolute atomic E-state index is 5.71. The van der Waals surface area contributed by atoms with Gasteiger partial charge in [-0.3, -0.25) is 9.67 Å². The minimum absolute atomic E-state index is 0.307. The van der Waals surface area contributed by atoms with Gasteiger partial charge in [-0.1, -0.05) is 18.2 Å². The van der Waals surface area contributed by atoms with Crippen molar-refractivity contribution in [1.29, 1.82) is 0 Å². The minimum Gasteiger partial charge on any atom is -0.493 e. The lowest BCUT2D eigenvalue weighted by Crippen LogP contribution is -2.07. The van der Waals surface area contributed by atoms with E-state index in [1.165, 1.54) is 0 Å². The van der Waals surface area contributed by atoms with Crippen molar-refractivity contribution in [3.63, 3.8) is 0 Å². The maximum Gasteiger partial charge on any atom is 0.195 e. The Morgan fingerprint density at radius 1 is 1.42 bits per heavy atom. The lowest BCUT2D eigenvalue weighted by atomic mass is 10.3. The van der Waals surface area contributed by atoms with Gasteiger partial charge in [0, 0.05) is 6.54 Å². The summed E-state index contributed by atoms with van der Waals surface area (Å²) >= 11 is 5.13. The van der Waals surface area contributed by atoms with Crippen LogP contribution in [0.2, 0.25) is 0 Å². The molecule has 19 heavy (non-hydrogen) atoms. The zero-order valence-electron chi connectivity index (χ0n) is 10.6. The predicted octanol–water partition coefficient (Wildman–Crippen LogP) is 2.71. The van der Waals surface area contributed by atoms with Gasteiger partial charge in [0.05, 0.1) is 7.11 Å². The fourth-order valence-corrected chi connectivity index (χ4v) is 1.88. The van der Waals surface area contributed by atoms with E-state index in [-0.39, 0.29) is 0 Å². The van der Waals surface area contributed by atoms with Gasteiger partial charge in [0.15, 0.2) is 22.1 Å². The molecular weight excluding hydrogens is 262 g/mol. The highest BCUT2D eigenvalue weighted by Crippen LogP contribution is 2.26. The largest absolute Gasteiger partial charge is 0.493 e. The number of para-hydroxylation sites is 2. The van der Waals surface area contributed by atoms with Crippen molar-refractivity contribution in [3.05, 3.63) is 47.5 Å². The van der Waals surface area contributed by atoms with Gasteiger partial charge in [-0.2, -0.15) is 5.10 Å². The van der Waals surface area contributed by atoms with E-state index >= 15 is 0 Å². The highest BCUT2D eigenvalue weighted by Gasteiger charge is 2.08. The van der Waals surface area contributed by atoms with E-state index in [2.05, 4.69) is 16.8 Å². The van der Waals surface area contributed by atoms with E-state index in [0.29, 0.717) is 29.4 Å². The summed E-state index contributed by atoms with van der Waals surface area (Å²) in [5, 5.41) is 6.88. The van der Waals surface area contributed by atoms with Crippen LogP contribution in [0.25, 0.3) is 0 Å². The molecule has 0 saturated heterocycles. The van der Waals surface area contributed by atoms with E-state index in [4.69, 9.17) is 21.7 Å². The van der Waals surface area contributed by atoms with Gasteiger partial charge in [0.1, 0.15) is 6.61 Å². The summed E-state index contributed by atoms with van der Waals surface area (Å²) in [5.74, 6) is 2.08. The molecule has 1 heterocycles. The minimum atomic E-state index is 0.307. The van der Waals surface area contributed by atoms with Crippen molar-refractivity contribution in [2.75, 3.05) is 7.11 Å². The summed E-state index contributed by atoms with van der Waals surface area (Å²) in [6.45, 7) is 4.60. The van der Waals surface area contributed by atoms with Crippen LogP contribution in [0.3, 0.4) is 0 Å². The van der Waals surface area contributed by atoms with Crippen LogP contribution in [0.5, 0.6) is 11.5 Å². The van der Waals surface area contributed by atoms with Gasteiger partial charge >= 0.3 is 0 Å². The first kappa shape index (κ1) is 13.4. The molecule has 0 aliphatic carbocycles. The first-order chi connectivity index (χ1) is 9.26. The zero-order chi connectivity index (χ0) is 13.7.